The summed E-state index contributed by atoms with van der Waals surface area (Å²) in [6.45, 7) is 7.54. The van der Waals surface area contributed by atoms with Crippen molar-refractivity contribution in [1.29, 1.82) is 0 Å². The first-order valence-electron chi connectivity index (χ1n) is 7.91. The molecule has 1 aromatic carbocycles. The van der Waals surface area contributed by atoms with Crippen LogP contribution in [0.25, 0.3) is 0 Å². The van der Waals surface area contributed by atoms with Gasteiger partial charge in [0.2, 0.25) is 0 Å². The zero-order valence-electron chi connectivity index (χ0n) is 13.2. The number of aryl methyl sites for hydroxylation is 2. The normalized spacial score (nSPS) is 17.2. The van der Waals surface area contributed by atoms with E-state index in [0.717, 1.165) is 13.0 Å². The number of fused-ring (bicyclic) bond motifs is 1. The van der Waals surface area contributed by atoms with Crippen LogP contribution in [-0.4, -0.2) is 11.0 Å². The molecule has 0 fully saturated rings. The lowest BCUT2D eigenvalue weighted by Gasteiger charge is -2.16. The van der Waals surface area contributed by atoms with Gasteiger partial charge >= 0.3 is 0 Å². The number of hydrogen-bond donors (Lipinski definition) is 1. The predicted molar refractivity (Wildman–Crippen MR) is 87.6 cm³/mol. The van der Waals surface area contributed by atoms with E-state index >= 15 is 0 Å². The standard InChI is InChI=1S/C19H24N2/c1-13(2)21-12-15-6-8-17(14(3)11-15)18-9-7-16-5-4-10-20-19(16)18/h4-6,8,10-11,13,18,21H,7,9,12H2,1-3H3. The summed E-state index contributed by atoms with van der Waals surface area (Å²) in [5.74, 6) is 0.480. The van der Waals surface area contributed by atoms with Gasteiger partial charge in [0.15, 0.2) is 0 Å². The maximum absolute atomic E-state index is 4.63. The molecule has 3 rings (SSSR count). The zero-order valence-corrected chi connectivity index (χ0v) is 13.2. The van der Waals surface area contributed by atoms with Crippen LogP contribution in [0.3, 0.4) is 0 Å². The van der Waals surface area contributed by atoms with Gasteiger partial charge in [-0.15, -0.1) is 0 Å². The first-order chi connectivity index (χ1) is 10.1. The van der Waals surface area contributed by atoms with Crippen LogP contribution in [0.15, 0.2) is 36.5 Å². The fourth-order valence-electron chi connectivity index (χ4n) is 3.28. The zero-order chi connectivity index (χ0) is 14.8. The van der Waals surface area contributed by atoms with Gasteiger partial charge in [-0.05, 0) is 48.1 Å². The largest absolute Gasteiger partial charge is 0.310 e. The SMILES string of the molecule is Cc1cc(CNC(C)C)ccc1C1CCc2cccnc21. The van der Waals surface area contributed by atoms with Gasteiger partial charge < -0.3 is 5.32 Å². The molecule has 1 unspecified atom stereocenters. The molecule has 1 atom stereocenters. The molecule has 0 saturated carbocycles. The number of rotatable bonds is 4. The number of nitrogens with zero attached hydrogens (tertiary/aromatic N) is 1. The van der Waals surface area contributed by atoms with E-state index in [0.29, 0.717) is 12.0 Å². The molecule has 0 saturated heterocycles. The van der Waals surface area contributed by atoms with Crippen LogP contribution >= 0.6 is 0 Å². The van der Waals surface area contributed by atoms with Crippen molar-refractivity contribution >= 4 is 0 Å². The summed E-state index contributed by atoms with van der Waals surface area (Å²) in [5, 5.41) is 3.48. The average Bonchev–Trinajstić information content (AvgIpc) is 2.89. The monoisotopic (exact) mass is 280 g/mol. The smallest absolute Gasteiger partial charge is 0.0510 e. The molecule has 0 amide bonds. The first kappa shape index (κ1) is 14.3. The van der Waals surface area contributed by atoms with Gasteiger partial charge in [0.1, 0.15) is 0 Å². The number of nitrogens with one attached hydrogen (secondary N) is 1. The Labute approximate surface area is 127 Å². The third kappa shape index (κ3) is 3.01. The fraction of sp³-hybridized carbons (Fsp3) is 0.421. The minimum atomic E-state index is 0.480. The Bertz CT molecular complexity index is 631. The lowest BCUT2D eigenvalue weighted by molar-refractivity contribution is 0.588. The number of hydrogen-bond acceptors (Lipinski definition) is 2. The van der Waals surface area contributed by atoms with E-state index in [1.807, 2.05) is 6.20 Å². The Morgan fingerprint density at radius 3 is 2.90 bits per heavy atom. The minimum Gasteiger partial charge on any atom is -0.310 e. The van der Waals surface area contributed by atoms with E-state index in [4.69, 9.17) is 0 Å². The van der Waals surface area contributed by atoms with Gasteiger partial charge in [0.25, 0.3) is 0 Å². The van der Waals surface area contributed by atoms with Gasteiger partial charge in [-0.3, -0.25) is 4.98 Å². The Hall–Kier alpha value is -1.67. The summed E-state index contributed by atoms with van der Waals surface area (Å²) in [7, 11) is 0. The summed E-state index contributed by atoms with van der Waals surface area (Å²) in [6, 6.07) is 11.7. The topological polar surface area (TPSA) is 24.9 Å². The molecule has 2 heteroatoms. The predicted octanol–water partition coefficient (Wildman–Crippen LogP) is 3.97. The second-order valence-corrected chi connectivity index (χ2v) is 6.37. The Balaban J connectivity index is 1.84. The number of pyridine rings is 1. The molecule has 2 aromatic rings. The average molecular weight is 280 g/mol. The van der Waals surface area contributed by atoms with E-state index in [1.165, 1.54) is 34.4 Å². The van der Waals surface area contributed by atoms with Crippen LogP contribution in [0, 0.1) is 6.92 Å². The van der Waals surface area contributed by atoms with Crippen molar-refractivity contribution in [2.75, 3.05) is 0 Å². The van der Waals surface area contributed by atoms with Crippen LogP contribution in [0.5, 0.6) is 0 Å². The number of aromatic nitrogens is 1. The molecule has 1 N–H and O–H groups in total. The molecule has 2 nitrogen and oxygen atoms in total. The van der Waals surface area contributed by atoms with E-state index < -0.39 is 0 Å². The Morgan fingerprint density at radius 2 is 2.14 bits per heavy atom. The molecule has 0 spiro atoms. The number of benzene rings is 1. The summed E-state index contributed by atoms with van der Waals surface area (Å²) in [4.78, 5) is 4.63. The first-order valence-corrected chi connectivity index (χ1v) is 7.91. The molecule has 21 heavy (non-hydrogen) atoms. The second kappa shape index (κ2) is 5.98. The molecule has 110 valence electrons. The maximum Gasteiger partial charge on any atom is 0.0510 e. The summed E-state index contributed by atoms with van der Waals surface area (Å²) >= 11 is 0. The third-order valence-electron chi connectivity index (χ3n) is 4.38. The maximum atomic E-state index is 4.63. The highest BCUT2D eigenvalue weighted by Gasteiger charge is 2.26. The molecule has 0 aliphatic heterocycles. The van der Waals surface area contributed by atoms with Crippen molar-refractivity contribution in [3.63, 3.8) is 0 Å². The van der Waals surface area contributed by atoms with Crippen molar-refractivity contribution in [2.24, 2.45) is 0 Å². The van der Waals surface area contributed by atoms with Crippen molar-refractivity contribution in [3.8, 4) is 0 Å². The van der Waals surface area contributed by atoms with Crippen LogP contribution in [0.2, 0.25) is 0 Å². The highest BCUT2D eigenvalue weighted by Crippen LogP contribution is 2.37. The summed E-state index contributed by atoms with van der Waals surface area (Å²) < 4.78 is 0. The lowest BCUT2D eigenvalue weighted by atomic mass is 9.91. The van der Waals surface area contributed by atoms with Gasteiger partial charge in [0, 0.05) is 24.7 Å². The summed E-state index contributed by atoms with van der Waals surface area (Å²) in [6.07, 6.45) is 4.27. The van der Waals surface area contributed by atoms with E-state index in [2.05, 4.69) is 61.4 Å². The highest BCUT2D eigenvalue weighted by atomic mass is 14.9. The van der Waals surface area contributed by atoms with Crippen LogP contribution in [0.4, 0.5) is 0 Å². The molecule has 1 aromatic heterocycles. The third-order valence-corrected chi connectivity index (χ3v) is 4.38. The fourth-order valence-corrected chi connectivity index (χ4v) is 3.28. The summed E-state index contributed by atoms with van der Waals surface area (Å²) in [5.41, 5.74) is 6.91. The molecule has 1 aliphatic carbocycles. The van der Waals surface area contributed by atoms with E-state index in [1.54, 1.807) is 0 Å². The molecule has 1 heterocycles. The van der Waals surface area contributed by atoms with Gasteiger partial charge in [-0.2, -0.15) is 0 Å². The molecule has 0 bridgehead atoms. The Kier molecular flexibility index (Phi) is 4.07. The van der Waals surface area contributed by atoms with Crippen molar-refractivity contribution in [1.82, 2.24) is 10.3 Å². The minimum absolute atomic E-state index is 0.480. The van der Waals surface area contributed by atoms with Crippen molar-refractivity contribution in [3.05, 3.63) is 64.5 Å². The molecular weight excluding hydrogens is 256 g/mol. The Morgan fingerprint density at radius 1 is 1.29 bits per heavy atom. The van der Waals surface area contributed by atoms with E-state index in [-0.39, 0.29) is 0 Å². The van der Waals surface area contributed by atoms with Crippen LogP contribution < -0.4 is 5.32 Å². The highest BCUT2D eigenvalue weighted by molar-refractivity contribution is 5.42. The lowest BCUT2D eigenvalue weighted by Crippen LogP contribution is -2.21. The second-order valence-electron chi connectivity index (χ2n) is 6.37. The van der Waals surface area contributed by atoms with Crippen molar-refractivity contribution in [2.45, 2.75) is 52.1 Å². The van der Waals surface area contributed by atoms with Gasteiger partial charge in [-0.1, -0.05) is 38.1 Å². The van der Waals surface area contributed by atoms with Gasteiger partial charge in [0.05, 0.1) is 5.69 Å². The van der Waals surface area contributed by atoms with Crippen LogP contribution in [0.1, 0.15) is 54.1 Å². The van der Waals surface area contributed by atoms with Gasteiger partial charge in [-0.25, -0.2) is 0 Å². The molecular formula is C19H24N2. The molecule has 1 aliphatic rings. The quantitative estimate of drug-likeness (QED) is 0.916. The van der Waals surface area contributed by atoms with E-state index in [9.17, 15) is 0 Å². The molecule has 0 radical (unpaired) electrons. The van der Waals surface area contributed by atoms with Crippen molar-refractivity contribution < 1.29 is 0 Å². The van der Waals surface area contributed by atoms with Crippen LogP contribution in [-0.2, 0) is 13.0 Å².